The van der Waals surface area contributed by atoms with Crippen LogP contribution in [0.3, 0.4) is 0 Å². The second-order valence-corrected chi connectivity index (χ2v) is 8.26. The summed E-state index contributed by atoms with van der Waals surface area (Å²) < 4.78 is 13.1. The maximum absolute atomic E-state index is 12.3. The average molecular weight is 463 g/mol. The maximum Gasteiger partial charge on any atom is 0.251 e. The first kappa shape index (κ1) is 23.5. The normalized spacial score (nSPS) is 15.9. The molecule has 34 heavy (non-hydrogen) atoms. The van der Waals surface area contributed by atoms with Crippen molar-refractivity contribution in [2.75, 3.05) is 33.3 Å². The van der Waals surface area contributed by atoms with Gasteiger partial charge >= 0.3 is 0 Å². The van der Waals surface area contributed by atoms with Gasteiger partial charge < -0.3 is 29.9 Å². The highest BCUT2D eigenvalue weighted by Gasteiger charge is 2.25. The molecule has 9 nitrogen and oxygen atoms in total. The third-order valence-corrected chi connectivity index (χ3v) is 5.93. The van der Waals surface area contributed by atoms with Crippen molar-refractivity contribution in [1.29, 1.82) is 5.41 Å². The molecule has 1 fully saturated rings. The standard InChI is InChI=1S/C25H30N6O3/c1-18(33-2)25(32)30-13-11-29(12-14-30)15-20-16-31-17-22(7-8-24(31)28-20)34-21-5-3-19(4-6-21)23(27)9-10-26/h3-10,16-18,26H,11-15,27H2,1-2H3/b23-9-,26-10?. The van der Waals surface area contributed by atoms with Gasteiger partial charge in [0.1, 0.15) is 23.3 Å². The van der Waals surface area contributed by atoms with Gasteiger partial charge in [-0.05, 0) is 55.0 Å². The smallest absolute Gasteiger partial charge is 0.251 e. The van der Waals surface area contributed by atoms with E-state index in [1.165, 1.54) is 6.21 Å². The molecule has 3 N–H and O–H groups in total. The fraction of sp³-hybridized carbons (Fsp3) is 0.320. The number of methoxy groups -OCH3 is 1. The van der Waals surface area contributed by atoms with E-state index in [9.17, 15) is 4.79 Å². The summed E-state index contributed by atoms with van der Waals surface area (Å²) in [5.74, 6) is 1.44. The number of nitrogens with two attached hydrogens (primary N) is 1. The molecule has 9 heteroatoms. The Morgan fingerprint density at radius 2 is 1.82 bits per heavy atom. The summed E-state index contributed by atoms with van der Waals surface area (Å²) in [5.41, 5.74) is 9.11. The van der Waals surface area contributed by atoms with E-state index in [2.05, 4.69) is 4.90 Å². The van der Waals surface area contributed by atoms with Crippen molar-refractivity contribution in [1.82, 2.24) is 19.2 Å². The molecule has 0 saturated carbocycles. The number of aromatic nitrogens is 2. The van der Waals surface area contributed by atoms with Gasteiger partial charge in [0.25, 0.3) is 5.91 Å². The molecule has 178 valence electrons. The van der Waals surface area contributed by atoms with E-state index in [0.717, 1.165) is 36.5 Å². The lowest BCUT2D eigenvalue weighted by molar-refractivity contribution is -0.142. The van der Waals surface area contributed by atoms with Gasteiger partial charge in [0.15, 0.2) is 0 Å². The Kier molecular flexibility index (Phi) is 7.24. The Hall–Kier alpha value is -3.69. The van der Waals surface area contributed by atoms with Gasteiger partial charge in [-0.1, -0.05) is 0 Å². The SMILES string of the molecule is COC(C)C(=O)N1CCN(Cc2cn3cc(Oc4ccc(/C(N)=C/C=N)cc4)ccc3n2)CC1. The van der Waals surface area contributed by atoms with Crippen LogP contribution >= 0.6 is 0 Å². The number of imidazole rings is 1. The van der Waals surface area contributed by atoms with Crippen LogP contribution in [0.5, 0.6) is 11.5 Å². The summed E-state index contributed by atoms with van der Waals surface area (Å²) in [4.78, 5) is 21.2. The second-order valence-electron chi connectivity index (χ2n) is 8.26. The number of nitrogens with one attached hydrogen (secondary N) is 1. The van der Waals surface area contributed by atoms with Crippen LogP contribution in [0, 0.1) is 5.41 Å². The molecule has 0 radical (unpaired) electrons. The van der Waals surface area contributed by atoms with Crippen LogP contribution in [0.2, 0.25) is 0 Å². The average Bonchev–Trinajstić information content (AvgIpc) is 3.25. The van der Waals surface area contributed by atoms with Gasteiger partial charge in [-0.2, -0.15) is 0 Å². The zero-order valence-corrected chi connectivity index (χ0v) is 19.5. The number of nitrogens with zero attached hydrogens (tertiary/aromatic N) is 4. The number of amides is 1. The molecule has 1 atom stereocenters. The van der Waals surface area contributed by atoms with E-state index in [1.54, 1.807) is 20.1 Å². The number of hydrogen-bond donors (Lipinski definition) is 2. The largest absolute Gasteiger partial charge is 0.456 e. The van der Waals surface area contributed by atoms with Crippen molar-refractivity contribution in [3.8, 4) is 11.5 Å². The van der Waals surface area contributed by atoms with E-state index in [-0.39, 0.29) is 5.91 Å². The van der Waals surface area contributed by atoms with Crippen LogP contribution in [-0.4, -0.2) is 70.7 Å². The molecule has 2 aromatic heterocycles. The monoisotopic (exact) mass is 462 g/mol. The molecule has 1 aromatic carbocycles. The highest BCUT2D eigenvalue weighted by Crippen LogP contribution is 2.24. The van der Waals surface area contributed by atoms with E-state index in [0.29, 0.717) is 30.3 Å². The Morgan fingerprint density at radius 1 is 1.12 bits per heavy atom. The zero-order valence-electron chi connectivity index (χ0n) is 19.5. The van der Waals surface area contributed by atoms with E-state index >= 15 is 0 Å². The minimum Gasteiger partial charge on any atom is -0.456 e. The Balaban J connectivity index is 1.37. The first-order valence-corrected chi connectivity index (χ1v) is 11.2. The topological polar surface area (TPSA) is 109 Å². The number of ether oxygens (including phenoxy) is 2. The minimum atomic E-state index is -0.401. The highest BCUT2D eigenvalue weighted by molar-refractivity contribution is 5.81. The summed E-state index contributed by atoms with van der Waals surface area (Å²) in [7, 11) is 1.56. The summed E-state index contributed by atoms with van der Waals surface area (Å²) >= 11 is 0. The van der Waals surface area contributed by atoms with Gasteiger partial charge in [-0.25, -0.2) is 4.98 Å². The lowest BCUT2D eigenvalue weighted by atomic mass is 10.1. The molecule has 0 spiro atoms. The fourth-order valence-electron chi connectivity index (χ4n) is 3.91. The Morgan fingerprint density at radius 3 is 2.50 bits per heavy atom. The van der Waals surface area contributed by atoms with Crippen molar-refractivity contribution in [3.05, 3.63) is 66.1 Å². The van der Waals surface area contributed by atoms with Crippen LogP contribution < -0.4 is 10.5 Å². The van der Waals surface area contributed by atoms with Crippen molar-refractivity contribution in [2.45, 2.75) is 19.6 Å². The van der Waals surface area contributed by atoms with Crippen molar-refractivity contribution in [2.24, 2.45) is 5.73 Å². The summed E-state index contributed by atoms with van der Waals surface area (Å²) in [6.45, 7) is 5.51. The van der Waals surface area contributed by atoms with Gasteiger partial charge in [0.2, 0.25) is 0 Å². The molecule has 1 aliphatic rings. The summed E-state index contributed by atoms with van der Waals surface area (Å²) in [6.07, 6.45) is 6.23. The molecular formula is C25H30N6O3. The third kappa shape index (κ3) is 5.44. The highest BCUT2D eigenvalue weighted by atomic mass is 16.5. The molecule has 3 heterocycles. The van der Waals surface area contributed by atoms with Crippen molar-refractivity contribution >= 4 is 23.5 Å². The second kappa shape index (κ2) is 10.5. The van der Waals surface area contributed by atoms with Crippen LogP contribution in [-0.2, 0) is 16.1 Å². The number of carbonyl (C=O) groups excluding carboxylic acids is 1. The van der Waals surface area contributed by atoms with Crippen molar-refractivity contribution in [3.63, 3.8) is 0 Å². The molecular weight excluding hydrogens is 432 g/mol. The van der Waals surface area contributed by atoms with Gasteiger partial charge in [0.05, 0.1) is 11.9 Å². The quantitative estimate of drug-likeness (QED) is 0.498. The number of hydrogen-bond acceptors (Lipinski definition) is 7. The van der Waals surface area contributed by atoms with Crippen LogP contribution in [0.1, 0.15) is 18.2 Å². The molecule has 0 aliphatic carbocycles. The van der Waals surface area contributed by atoms with Gasteiger partial charge in [-0.3, -0.25) is 9.69 Å². The third-order valence-electron chi connectivity index (χ3n) is 5.93. The molecule has 1 saturated heterocycles. The molecule has 3 aromatic rings. The van der Waals surface area contributed by atoms with Crippen LogP contribution in [0.15, 0.2) is 54.9 Å². The first-order chi connectivity index (χ1) is 16.5. The number of carbonyl (C=O) groups is 1. The van der Waals surface area contributed by atoms with E-state index in [1.807, 2.05) is 58.1 Å². The molecule has 1 aliphatic heterocycles. The lowest BCUT2D eigenvalue weighted by Gasteiger charge is -2.35. The predicted octanol–water partition coefficient (Wildman–Crippen LogP) is 2.75. The van der Waals surface area contributed by atoms with Crippen LogP contribution in [0.25, 0.3) is 11.3 Å². The van der Waals surface area contributed by atoms with Gasteiger partial charge in [0, 0.05) is 57.9 Å². The lowest BCUT2D eigenvalue weighted by Crippen LogP contribution is -2.50. The molecule has 1 unspecified atom stereocenters. The number of allylic oxidation sites excluding steroid dienone is 1. The minimum absolute atomic E-state index is 0.0448. The van der Waals surface area contributed by atoms with Crippen molar-refractivity contribution < 1.29 is 14.3 Å². The molecule has 1 amide bonds. The Bertz CT molecular complexity index is 1180. The molecule has 4 rings (SSSR count). The summed E-state index contributed by atoms with van der Waals surface area (Å²) in [5, 5.41) is 7.12. The Labute approximate surface area is 198 Å². The van der Waals surface area contributed by atoms with E-state index in [4.69, 9.17) is 25.6 Å². The van der Waals surface area contributed by atoms with E-state index < -0.39 is 6.10 Å². The fourth-order valence-corrected chi connectivity index (χ4v) is 3.91. The maximum atomic E-state index is 12.3. The first-order valence-electron chi connectivity index (χ1n) is 11.2. The number of fused-ring (bicyclic) bond motifs is 1. The summed E-state index contributed by atoms with van der Waals surface area (Å²) in [6, 6.07) is 11.2. The predicted molar refractivity (Wildman–Crippen MR) is 131 cm³/mol. The van der Waals surface area contributed by atoms with Gasteiger partial charge in [-0.15, -0.1) is 0 Å². The number of pyridine rings is 1. The zero-order chi connectivity index (χ0) is 24.1. The van der Waals surface area contributed by atoms with Crippen LogP contribution in [0.4, 0.5) is 0 Å². The number of rotatable bonds is 8. The number of benzene rings is 1. The molecule has 0 bridgehead atoms. The number of piperazine rings is 1.